The van der Waals surface area contributed by atoms with Gasteiger partial charge in [0.15, 0.2) is 0 Å². The van der Waals surface area contributed by atoms with Gasteiger partial charge in [-0.05, 0) is 75.9 Å². The second kappa shape index (κ2) is 10.7. The lowest BCUT2D eigenvalue weighted by molar-refractivity contribution is 0.102. The summed E-state index contributed by atoms with van der Waals surface area (Å²) in [6.45, 7) is 10.3. The van der Waals surface area contributed by atoms with Crippen LogP contribution < -0.4 is 16.0 Å². The maximum Gasteiger partial charge on any atom is 0.257 e. The summed E-state index contributed by atoms with van der Waals surface area (Å²) in [7, 11) is 0. The van der Waals surface area contributed by atoms with Gasteiger partial charge >= 0.3 is 0 Å². The van der Waals surface area contributed by atoms with E-state index in [1.54, 1.807) is 12.4 Å². The largest absolute Gasteiger partial charge is 0.368 e. The number of pyridine rings is 1. The van der Waals surface area contributed by atoms with Crippen LogP contribution in [0.5, 0.6) is 0 Å². The summed E-state index contributed by atoms with van der Waals surface area (Å²) in [4.78, 5) is 26.7. The second-order valence-electron chi connectivity index (χ2n) is 9.36. The smallest absolute Gasteiger partial charge is 0.257 e. The second-order valence-corrected chi connectivity index (χ2v) is 9.36. The molecule has 4 rings (SSSR count). The van der Waals surface area contributed by atoms with Crippen molar-refractivity contribution in [2.45, 2.75) is 65.6 Å². The number of carbonyl (C=O) groups excluding carboxylic acids is 1. The highest BCUT2D eigenvalue weighted by atomic mass is 16.1. The first-order chi connectivity index (χ1) is 16.8. The third kappa shape index (κ3) is 6.04. The van der Waals surface area contributed by atoms with Crippen LogP contribution in [0.1, 0.15) is 72.3 Å². The van der Waals surface area contributed by atoms with E-state index in [1.165, 1.54) is 5.57 Å². The Balaban J connectivity index is 0.00000241. The molecule has 2 aliphatic rings. The molecule has 3 N–H and O–H groups in total. The summed E-state index contributed by atoms with van der Waals surface area (Å²) in [5.41, 5.74) is 5.59. The van der Waals surface area contributed by atoms with Crippen molar-refractivity contribution in [2.75, 3.05) is 10.6 Å². The van der Waals surface area contributed by atoms with Crippen molar-refractivity contribution in [2.24, 2.45) is 9.98 Å². The summed E-state index contributed by atoms with van der Waals surface area (Å²) in [6.07, 6.45) is 9.70. The van der Waals surface area contributed by atoms with Gasteiger partial charge in [-0.15, -0.1) is 0 Å². The Morgan fingerprint density at radius 3 is 2.77 bits per heavy atom. The van der Waals surface area contributed by atoms with Crippen LogP contribution in [0.25, 0.3) is 0 Å². The first-order valence-corrected chi connectivity index (χ1v) is 12.3. The van der Waals surface area contributed by atoms with Crippen LogP contribution in [0, 0.1) is 6.92 Å². The Hall–Kier alpha value is -3.74. The van der Waals surface area contributed by atoms with Gasteiger partial charge in [-0.25, -0.2) is 4.98 Å². The molecule has 0 bridgehead atoms. The van der Waals surface area contributed by atoms with Crippen LogP contribution in [0.3, 0.4) is 0 Å². The molecule has 2 heterocycles. The molecule has 7 heteroatoms. The van der Waals surface area contributed by atoms with E-state index in [0.717, 1.165) is 47.0 Å². The fourth-order valence-corrected chi connectivity index (χ4v) is 4.15. The average Bonchev–Trinajstić information content (AvgIpc) is 2.84. The van der Waals surface area contributed by atoms with Gasteiger partial charge in [-0.3, -0.25) is 14.8 Å². The number of nitrogens with one attached hydrogen (secondary N) is 3. The molecule has 188 valence electrons. The van der Waals surface area contributed by atoms with Crippen molar-refractivity contribution in [3.63, 3.8) is 0 Å². The van der Waals surface area contributed by atoms with Crippen LogP contribution in [-0.4, -0.2) is 35.0 Å². The van der Waals surface area contributed by atoms with Crippen molar-refractivity contribution < 1.29 is 9.07 Å². The fraction of sp³-hybridized carbons (Fsp3) is 0.357. The number of carbonyl (C=O) groups is 1. The topological polar surface area (TPSA) is 90.8 Å². The van der Waals surface area contributed by atoms with Gasteiger partial charge in [0.05, 0.1) is 29.6 Å². The molecule has 1 aromatic carbocycles. The molecule has 0 radical (unpaired) electrons. The van der Waals surface area contributed by atoms with E-state index in [4.69, 9.17) is 4.99 Å². The van der Waals surface area contributed by atoms with E-state index < -0.39 is 0 Å². The zero-order valence-corrected chi connectivity index (χ0v) is 21.1. The Morgan fingerprint density at radius 1 is 1.20 bits per heavy atom. The van der Waals surface area contributed by atoms with Gasteiger partial charge in [-0.2, -0.15) is 0 Å². The highest BCUT2D eigenvalue weighted by Gasteiger charge is 2.21. The average molecular weight is 477 g/mol. The van der Waals surface area contributed by atoms with Gasteiger partial charge in [0.25, 0.3) is 5.91 Å². The maximum atomic E-state index is 12.8. The van der Waals surface area contributed by atoms with E-state index in [1.807, 2.05) is 37.3 Å². The third-order valence-electron chi connectivity index (χ3n) is 6.09. The number of fused-ring (bicyclic) bond motifs is 1. The number of aromatic nitrogens is 1. The van der Waals surface area contributed by atoms with Crippen molar-refractivity contribution in [1.29, 1.82) is 0 Å². The lowest BCUT2D eigenvalue weighted by Crippen LogP contribution is -2.32. The minimum atomic E-state index is -0.186. The fourth-order valence-electron chi connectivity index (χ4n) is 4.15. The van der Waals surface area contributed by atoms with Crippen LogP contribution in [0.15, 0.2) is 69.9 Å². The molecule has 1 amide bonds. The third-order valence-corrected chi connectivity index (χ3v) is 6.09. The molecule has 2 aromatic rings. The number of allylic oxidation sites excluding steroid dienone is 2. The molecule has 0 saturated heterocycles. The van der Waals surface area contributed by atoms with Gasteiger partial charge in [0.2, 0.25) is 0 Å². The number of rotatable bonds is 7. The van der Waals surface area contributed by atoms with Gasteiger partial charge < -0.3 is 16.0 Å². The Kier molecular flexibility index (Phi) is 7.44. The number of aliphatic imine (C=N–C) groups is 2. The molecule has 2 atom stereocenters. The van der Waals surface area contributed by atoms with Crippen molar-refractivity contribution >= 4 is 29.5 Å². The molecule has 0 spiro atoms. The van der Waals surface area contributed by atoms with Gasteiger partial charge in [-0.1, -0.05) is 30.7 Å². The van der Waals surface area contributed by atoms with E-state index >= 15 is 0 Å². The zero-order valence-electron chi connectivity index (χ0n) is 21.1. The Morgan fingerprint density at radius 2 is 2.03 bits per heavy atom. The minimum absolute atomic E-state index is 0. The lowest BCUT2D eigenvalue weighted by atomic mass is 9.98. The number of amidine groups is 1. The predicted octanol–water partition coefficient (Wildman–Crippen LogP) is 6.33. The number of amides is 1. The number of hydrogen-bond donors (Lipinski definition) is 3. The minimum Gasteiger partial charge on any atom is -0.368 e. The number of aryl methyl sites for hydroxylation is 1. The number of benzene rings is 1. The molecule has 7 nitrogen and oxygen atoms in total. The van der Waals surface area contributed by atoms with Crippen molar-refractivity contribution in [1.82, 2.24) is 10.3 Å². The Labute approximate surface area is 212 Å². The van der Waals surface area contributed by atoms with Gasteiger partial charge in [0, 0.05) is 22.2 Å². The molecule has 1 aliphatic heterocycles. The highest BCUT2D eigenvalue weighted by Crippen LogP contribution is 2.26. The SMILES string of the molecule is CCC1=CCC2N=C(N[C@@H](C)c3cccc(NC(=O)c4cnc(NC(C)C)c(C)c4)c3)C=NC2=C1.[HH].[HH].[HH]. The van der Waals surface area contributed by atoms with Crippen LogP contribution in [-0.2, 0) is 0 Å². The lowest BCUT2D eigenvalue weighted by Gasteiger charge is -2.24. The number of nitrogens with zero attached hydrogens (tertiary/aromatic N) is 3. The molecular weight excluding hydrogens is 436 g/mol. The molecule has 1 aromatic heterocycles. The molecular formula is C28H40N6O. The first-order valence-electron chi connectivity index (χ1n) is 12.3. The van der Waals surface area contributed by atoms with Crippen molar-refractivity contribution in [3.8, 4) is 0 Å². The van der Waals surface area contributed by atoms with Crippen molar-refractivity contribution in [3.05, 3.63) is 76.6 Å². The number of anilines is 2. The zero-order chi connectivity index (χ0) is 24.9. The van der Waals surface area contributed by atoms with E-state index in [9.17, 15) is 4.79 Å². The number of hydrogen-bond acceptors (Lipinski definition) is 6. The molecule has 1 unspecified atom stereocenters. The maximum absolute atomic E-state index is 12.8. The molecule has 0 saturated carbocycles. The first kappa shape index (κ1) is 24.4. The van der Waals surface area contributed by atoms with Crippen LogP contribution >= 0.6 is 0 Å². The highest BCUT2D eigenvalue weighted by molar-refractivity contribution is 6.30. The quantitative estimate of drug-likeness (QED) is 0.436. The normalized spacial score (nSPS) is 17.7. The van der Waals surface area contributed by atoms with E-state index in [2.05, 4.69) is 65.8 Å². The molecule has 35 heavy (non-hydrogen) atoms. The Bertz CT molecular complexity index is 1240. The molecule has 0 fully saturated rings. The van der Waals surface area contributed by atoms with Crippen LogP contribution in [0.4, 0.5) is 11.5 Å². The summed E-state index contributed by atoms with van der Waals surface area (Å²) in [5.74, 6) is 1.39. The standard InChI is InChI=1S/C28H34N6O.3H2/c1-6-20-10-11-24-25(13-20)29-16-26(34-24)32-19(5)21-8-7-9-23(14-21)33-28(35)22-12-18(4)27(30-15-22)31-17(2)3;;;/h7-10,12-17,19,24H,6,11H2,1-5H3,(H,30,31)(H,32,34)(H,33,35);3*1H/t19-,24?;;;/m0.../s1. The summed E-state index contributed by atoms with van der Waals surface area (Å²) in [5, 5.41) is 9.74. The van der Waals surface area contributed by atoms with Crippen LogP contribution in [0.2, 0.25) is 0 Å². The van der Waals surface area contributed by atoms with E-state index in [-0.39, 0.29) is 28.3 Å². The summed E-state index contributed by atoms with van der Waals surface area (Å²) >= 11 is 0. The summed E-state index contributed by atoms with van der Waals surface area (Å²) < 4.78 is 0. The molecule has 1 aliphatic carbocycles. The van der Waals surface area contributed by atoms with Gasteiger partial charge in [0.1, 0.15) is 11.7 Å². The summed E-state index contributed by atoms with van der Waals surface area (Å²) in [6, 6.07) is 10.1. The van der Waals surface area contributed by atoms with E-state index in [0.29, 0.717) is 5.56 Å². The predicted molar refractivity (Wildman–Crippen MR) is 151 cm³/mol. The monoisotopic (exact) mass is 476 g/mol.